The van der Waals surface area contributed by atoms with Gasteiger partial charge in [-0.15, -0.1) is 0 Å². The molecule has 4 rings (SSSR count). The van der Waals surface area contributed by atoms with Gasteiger partial charge in [0.2, 0.25) is 10.0 Å². The predicted molar refractivity (Wildman–Crippen MR) is 106 cm³/mol. The number of rotatable bonds is 4. The van der Waals surface area contributed by atoms with Crippen LogP contribution in [0.4, 0.5) is 0 Å². The Morgan fingerprint density at radius 1 is 1.21 bits per heavy atom. The summed E-state index contributed by atoms with van der Waals surface area (Å²) in [5.41, 5.74) is 2.30. The number of morpholine rings is 1. The van der Waals surface area contributed by atoms with E-state index in [1.165, 1.54) is 4.31 Å². The fraction of sp³-hybridized carbons (Fsp3) is 0.316. The molecule has 1 aliphatic heterocycles. The van der Waals surface area contributed by atoms with Gasteiger partial charge in [-0.1, -0.05) is 28.9 Å². The molecule has 10 heteroatoms. The van der Waals surface area contributed by atoms with Gasteiger partial charge in [0, 0.05) is 36.1 Å². The molecule has 0 N–H and O–H groups in total. The summed E-state index contributed by atoms with van der Waals surface area (Å²) in [4.78, 5) is 8.98. The maximum atomic E-state index is 13.2. The highest BCUT2D eigenvalue weighted by molar-refractivity contribution is 7.89. The second-order valence-electron chi connectivity index (χ2n) is 6.68. The zero-order chi connectivity index (χ0) is 20.6. The van der Waals surface area contributed by atoms with Crippen LogP contribution in [0.3, 0.4) is 0 Å². The summed E-state index contributed by atoms with van der Waals surface area (Å²) in [7, 11) is -3.78. The minimum absolute atomic E-state index is 0.104. The summed E-state index contributed by atoms with van der Waals surface area (Å²) in [5.74, 6) is 0.268. The number of nitrogens with zero attached hydrogens (tertiary/aromatic N) is 4. The molecule has 0 aliphatic carbocycles. The van der Waals surface area contributed by atoms with Gasteiger partial charge in [0.25, 0.3) is 0 Å². The summed E-state index contributed by atoms with van der Waals surface area (Å²) in [6, 6.07) is 7.26. The molecule has 1 atom stereocenters. The normalized spacial score (nSPS) is 18.1. The number of benzene rings is 1. The molecule has 0 radical (unpaired) electrons. The first kappa shape index (κ1) is 20.0. The maximum Gasteiger partial charge on any atom is 0.248 e. The standard InChI is InChI=1S/C19H19ClN4O4S/c1-12-19(13(2)28-23-12)29(25,26)24-8-9-27-16(11-24)18-17(21-6-7-22-18)14-4-3-5-15(20)10-14/h3-7,10,16H,8-9,11H2,1-2H3/t16-/m0/s1. The first-order valence-electron chi connectivity index (χ1n) is 8.99. The van der Waals surface area contributed by atoms with Crippen LogP contribution in [-0.4, -0.2) is 47.5 Å². The van der Waals surface area contributed by atoms with Crippen molar-refractivity contribution in [3.05, 3.63) is 58.8 Å². The third kappa shape index (κ3) is 3.78. The Bertz CT molecular complexity index is 1130. The third-order valence-corrected chi connectivity index (χ3v) is 7.07. The third-order valence-electron chi connectivity index (χ3n) is 4.72. The molecule has 1 fully saturated rings. The summed E-state index contributed by atoms with van der Waals surface area (Å²) in [5, 5.41) is 4.34. The number of hydrogen-bond acceptors (Lipinski definition) is 7. The molecule has 152 valence electrons. The molecule has 0 saturated carbocycles. The highest BCUT2D eigenvalue weighted by Gasteiger charge is 2.36. The minimum atomic E-state index is -3.78. The van der Waals surface area contributed by atoms with Crippen molar-refractivity contribution in [1.82, 2.24) is 19.4 Å². The molecule has 1 aliphatic rings. The van der Waals surface area contributed by atoms with Crippen LogP contribution in [0, 0.1) is 13.8 Å². The molecule has 29 heavy (non-hydrogen) atoms. The Hall–Kier alpha value is -2.33. The Morgan fingerprint density at radius 2 is 2.00 bits per heavy atom. The smallest absolute Gasteiger partial charge is 0.248 e. The zero-order valence-corrected chi connectivity index (χ0v) is 17.4. The molecule has 0 bridgehead atoms. The van der Waals surface area contributed by atoms with E-state index in [2.05, 4.69) is 15.1 Å². The largest absolute Gasteiger partial charge is 0.369 e. The highest BCUT2D eigenvalue weighted by Crippen LogP contribution is 2.32. The Labute approximate surface area is 173 Å². The predicted octanol–water partition coefficient (Wildman–Crippen LogP) is 3.16. The molecule has 3 heterocycles. The molecule has 3 aromatic rings. The quantitative estimate of drug-likeness (QED) is 0.621. The van der Waals surface area contributed by atoms with Crippen molar-refractivity contribution >= 4 is 21.6 Å². The number of aryl methyl sites for hydroxylation is 2. The summed E-state index contributed by atoms with van der Waals surface area (Å²) in [6.07, 6.45) is 2.58. The maximum absolute atomic E-state index is 13.2. The molecule has 1 saturated heterocycles. The first-order valence-corrected chi connectivity index (χ1v) is 10.8. The number of aromatic nitrogens is 3. The van der Waals surface area contributed by atoms with Crippen molar-refractivity contribution in [2.75, 3.05) is 19.7 Å². The van der Waals surface area contributed by atoms with E-state index in [4.69, 9.17) is 20.9 Å². The van der Waals surface area contributed by atoms with Gasteiger partial charge in [0.05, 0.1) is 18.0 Å². The lowest BCUT2D eigenvalue weighted by Crippen LogP contribution is -2.42. The van der Waals surface area contributed by atoms with E-state index in [1.807, 2.05) is 12.1 Å². The topological polar surface area (TPSA) is 98.4 Å². The Morgan fingerprint density at radius 3 is 2.72 bits per heavy atom. The van der Waals surface area contributed by atoms with Gasteiger partial charge in [0.15, 0.2) is 5.76 Å². The number of sulfonamides is 1. The van der Waals surface area contributed by atoms with Crippen molar-refractivity contribution in [2.45, 2.75) is 24.8 Å². The SMILES string of the molecule is Cc1noc(C)c1S(=O)(=O)N1CCO[C@H](c2nccnc2-c2cccc(Cl)c2)C1. The monoisotopic (exact) mass is 434 g/mol. The highest BCUT2D eigenvalue weighted by atomic mass is 35.5. The van der Waals surface area contributed by atoms with E-state index < -0.39 is 16.1 Å². The number of ether oxygens (including phenoxy) is 1. The van der Waals surface area contributed by atoms with Gasteiger partial charge in [-0.25, -0.2) is 8.42 Å². The molecule has 0 amide bonds. The van der Waals surface area contributed by atoms with E-state index in [0.717, 1.165) is 5.56 Å². The van der Waals surface area contributed by atoms with Crippen LogP contribution >= 0.6 is 11.6 Å². The Balaban J connectivity index is 1.68. The first-order chi connectivity index (χ1) is 13.9. The van der Waals surface area contributed by atoms with Gasteiger partial charge < -0.3 is 9.26 Å². The van der Waals surface area contributed by atoms with Crippen LogP contribution in [0.2, 0.25) is 5.02 Å². The average Bonchev–Trinajstić information content (AvgIpc) is 3.07. The van der Waals surface area contributed by atoms with Crippen molar-refractivity contribution in [3.63, 3.8) is 0 Å². The molecule has 0 unspecified atom stereocenters. The Kier molecular flexibility index (Phi) is 5.39. The van der Waals surface area contributed by atoms with Gasteiger partial charge in [-0.2, -0.15) is 4.31 Å². The lowest BCUT2D eigenvalue weighted by atomic mass is 10.1. The average molecular weight is 435 g/mol. The van der Waals surface area contributed by atoms with E-state index in [1.54, 1.807) is 38.4 Å². The summed E-state index contributed by atoms with van der Waals surface area (Å²) >= 11 is 6.12. The lowest BCUT2D eigenvalue weighted by molar-refractivity contribution is -0.00480. The molecule has 2 aromatic heterocycles. The van der Waals surface area contributed by atoms with Gasteiger partial charge in [-0.3, -0.25) is 9.97 Å². The fourth-order valence-corrected chi connectivity index (χ4v) is 5.33. The van der Waals surface area contributed by atoms with Crippen LogP contribution in [0.5, 0.6) is 0 Å². The second-order valence-corrected chi connectivity index (χ2v) is 8.99. The van der Waals surface area contributed by atoms with Gasteiger partial charge in [0.1, 0.15) is 16.7 Å². The molecule has 8 nitrogen and oxygen atoms in total. The van der Waals surface area contributed by atoms with E-state index >= 15 is 0 Å². The molecule has 1 aromatic carbocycles. The second kappa shape index (κ2) is 7.83. The minimum Gasteiger partial charge on any atom is -0.369 e. The van der Waals surface area contributed by atoms with E-state index in [-0.39, 0.29) is 30.4 Å². The molecular formula is C19H19ClN4O4S. The zero-order valence-electron chi connectivity index (χ0n) is 15.9. The van der Waals surface area contributed by atoms with E-state index in [0.29, 0.717) is 22.1 Å². The van der Waals surface area contributed by atoms with Crippen LogP contribution in [0.25, 0.3) is 11.3 Å². The summed E-state index contributed by atoms with van der Waals surface area (Å²) in [6.45, 7) is 3.78. The van der Waals surface area contributed by atoms with Crippen LogP contribution < -0.4 is 0 Å². The number of halogens is 1. The lowest BCUT2D eigenvalue weighted by Gasteiger charge is -2.32. The van der Waals surface area contributed by atoms with Crippen LogP contribution in [0.15, 0.2) is 46.1 Å². The van der Waals surface area contributed by atoms with Crippen molar-refractivity contribution < 1.29 is 17.7 Å². The van der Waals surface area contributed by atoms with Crippen molar-refractivity contribution in [2.24, 2.45) is 0 Å². The number of hydrogen-bond donors (Lipinski definition) is 0. The summed E-state index contributed by atoms with van der Waals surface area (Å²) < 4.78 is 38.7. The van der Waals surface area contributed by atoms with E-state index in [9.17, 15) is 8.42 Å². The van der Waals surface area contributed by atoms with Crippen LogP contribution in [-0.2, 0) is 14.8 Å². The molecule has 0 spiro atoms. The fourth-order valence-electron chi connectivity index (χ4n) is 3.42. The van der Waals surface area contributed by atoms with Crippen molar-refractivity contribution in [1.29, 1.82) is 0 Å². The van der Waals surface area contributed by atoms with Crippen LogP contribution in [0.1, 0.15) is 23.3 Å². The molecular weight excluding hydrogens is 416 g/mol. The van der Waals surface area contributed by atoms with Gasteiger partial charge in [-0.05, 0) is 26.0 Å². The van der Waals surface area contributed by atoms with Crippen molar-refractivity contribution in [3.8, 4) is 11.3 Å². The van der Waals surface area contributed by atoms with Gasteiger partial charge >= 0.3 is 0 Å².